The van der Waals surface area contributed by atoms with Crippen LogP contribution in [0.2, 0.25) is 0 Å². The van der Waals surface area contributed by atoms with Crippen LogP contribution in [0.3, 0.4) is 0 Å². The standard InChI is InChI=1S/C24H35N3O3/c1-5-18(4)27(14-19-8-10-20(11-9-19)17(2)3)15-23-26-22(16-30-23)24(28)25-13-21-7-6-12-29-21/h8-11,16-18,21H,5-7,12-15H2,1-4H3,(H,25,28). The van der Waals surface area contributed by atoms with Gasteiger partial charge in [-0.15, -0.1) is 0 Å². The first-order valence-corrected chi connectivity index (χ1v) is 11.1. The Morgan fingerprint density at radius 1 is 1.23 bits per heavy atom. The molecule has 2 unspecified atom stereocenters. The molecule has 2 aromatic rings. The SMILES string of the molecule is CCC(C)N(Cc1ccc(C(C)C)cc1)Cc1nc(C(=O)NCC2CCCO2)co1. The molecule has 6 heteroatoms. The highest BCUT2D eigenvalue weighted by atomic mass is 16.5. The molecule has 1 amide bonds. The Hall–Kier alpha value is -2.18. The molecule has 1 saturated heterocycles. The summed E-state index contributed by atoms with van der Waals surface area (Å²) in [7, 11) is 0. The van der Waals surface area contributed by atoms with E-state index < -0.39 is 0 Å². The lowest BCUT2D eigenvalue weighted by Gasteiger charge is -2.27. The maximum atomic E-state index is 12.4. The Morgan fingerprint density at radius 3 is 2.63 bits per heavy atom. The van der Waals surface area contributed by atoms with Gasteiger partial charge in [-0.3, -0.25) is 9.69 Å². The second-order valence-corrected chi connectivity index (χ2v) is 8.53. The number of hydrogen-bond acceptors (Lipinski definition) is 5. The predicted octanol–water partition coefficient (Wildman–Crippen LogP) is 4.51. The van der Waals surface area contributed by atoms with E-state index >= 15 is 0 Å². The van der Waals surface area contributed by atoms with E-state index in [0.717, 1.165) is 32.4 Å². The molecule has 1 aromatic heterocycles. The zero-order valence-corrected chi connectivity index (χ0v) is 18.7. The third-order valence-corrected chi connectivity index (χ3v) is 5.88. The molecule has 0 aliphatic carbocycles. The van der Waals surface area contributed by atoms with E-state index in [0.29, 0.717) is 36.6 Å². The number of hydrogen-bond donors (Lipinski definition) is 1. The molecule has 1 N–H and O–H groups in total. The van der Waals surface area contributed by atoms with Gasteiger partial charge in [-0.1, -0.05) is 45.0 Å². The summed E-state index contributed by atoms with van der Waals surface area (Å²) < 4.78 is 11.2. The first-order chi connectivity index (χ1) is 14.5. The number of aromatic nitrogens is 1. The maximum absolute atomic E-state index is 12.4. The highest BCUT2D eigenvalue weighted by Gasteiger charge is 2.20. The molecule has 2 heterocycles. The molecule has 0 radical (unpaired) electrons. The molecule has 0 saturated carbocycles. The van der Waals surface area contributed by atoms with Gasteiger partial charge in [0.15, 0.2) is 5.69 Å². The molecule has 0 bridgehead atoms. The minimum Gasteiger partial charge on any atom is -0.447 e. The molecule has 1 aliphatic heterocycles. The smallest absolute Gasteiger partial charge is 0.273 e. The summed E-state index contributed by atoms with van der Waals surface area (Å²) in [5.74, 6) is 0.887. The Labute approximate surface area is 180 Å². The largest absolute Gasteiger partial charge is 0.447 e. The number of ether oxygens (including phenoxy) is 1. The van der Waals surface area contributed by atoms with E-state index in [1.54, 1.807) is 0 Å². The van der Waals surface area contributed by atoms with Crippen molar-refractivity contribution in [3.05, 3.63) is 53.2 Å². The number of nitrogens with zero attached hydrogens (tertiary/aromatic N) is 2. The molecule has 1 aliphatic rings. The van der Waals surface area contributed by atoms with E-state index in [9.17, 15) is 4.79 Å². The van der Waals surface area contributed by atoms with Gasteiger partial charge < -0.3 is 14.5 Å². The summed E-state index contributed by atoms with van der Waals surface area (Å²) in [5.41, 5.74) is 2.94. The summed E-state index contributed by atoms with van der Waals surface area (Å²) in [4.78, 5) is 19.1. The van der Waals surface area contributed by atoms with Crippen LogP contribution in [-0.2, 0) is 17.8 Å². The summed E-state index contributed by atoms with van der Waals surface area (Å²) in [6.07, 6.45) is 4.64. The summed E-state index contributed by atoms with van der Waals surface area (Å²) in [6.45, 7) is 11.5. The average Bonchev–Trinajstić information content (AvgIpc) is 3.43. The van der Waals surface area contributed by atoms with Crippen LogP contribution in [0.4, 0.5) is 0 Å². The van der Waals surface area contributed by atoms with Crippen molar-refractivity contribution >= 4 is 5.91 Å². The number of rotatable bonds is 10. The van der Waals surface area contributed by atoms with Gasteiger partial charge in [0, 0.05) is 25.7 Å². The Balaban J connectivity index is 1.60. The van der Waals surface area contributed by atoms with Gasteiger partial charge in [0.05, 0.1) is 12.6 Å². The summed E-state index contributed by atoms with van der Waals surface area (Å²) >= 11 is 0. The van der Waals surface area contributed by atoms with Crippen molar-refractivity contribution in [2.45, 2.75) is 78.1 Å². The Kier molecular flexibility index (Phi) is 8.05. The highest BCUT2D eigenvalue weighted by molar-refractivity contribution is 5.91. The van der Waals surface area contributed by atoms with Gasteiger partial charge in [0.1, 0.15) is 6.26 Å². The van der Waals surface area contributed by atoms with Crippen molar-refractivity contribution in [1.82, 2.24) is 15.2 Å². The Morgan fingerprint density at radius 2 is 2.00 bits per heavy atom. The van der Waals surface area contributed by atoms with Crippen molar-refractivity contribution in [2.24, 2.45) is 0 Å². The predicted molar refractivity (Wildman–Crippen MR) is 117 cm³/mol. The van der Waals surface area contributed by atoms with Gasteiger partial charge >= 0.3 is 0 Å². The third-order valence-electron chi connectivity index (χ3n) is 5.88. The zero-order valence-electron chi connectivity index (χ0n) is 18.7. The van der Waals surface area contributed by atoms with Gasteiger partial charge in [0.25, 0.3) is 5.91 Å². The van der Waals surface area contributed by atoms with Crippen LogP contribution in [0.25, 0.3) is 0 Å². The van der Waals surface area contributed by atoms with Crippen molar-refractivity contribution in [3.8, 4) is 0 Å². The zero-order chi connectivity index (χ0) is 21.5. The second-order valence-electron chi connectivity index (χ2n) is 8.53. The number of carbonyl (C=O) groups excluding carboxylic acids is 1. The van der Waals surface area contributed by atoms with Crippen LogP contribution in [-0.4, -0.2) is 41.1 Å². The summed E-state index contributed by atoms with van der Waals surface area (Å²) in [6, 6.07) is 9.18. The van der Waals surface area contributed by atoms with Crippen LogP contribution in [0, 0.1) is 0 Å². The minimum absolute atomic E-state index is 0.114. The van der Waals surface area contributed by atoms with Crippen LogP contribution in [0.15, 0.2) is 34.9 Å². The lowest BCUT2D eigenvalue weighted by atomic mass is 10.0. The molecule has 1 aromatic carbocycles. The molecular formula is C24H35N3O3. The normalized spacial score (nSPS) is 17.6. The fourth-order valence-electron chi connectivity index (χ4n) is 3.63. The second kappa shape index (κ2) is 10.7. The first kappa shape index (κ1) is 22.5. The van der Waals surface area contributed by atoms with Crippen molar-refractivity contribution in [3.63, 3.8) is 0 Å². The quantitative estimate of drug-likeness (QED) is 0.621. The van der Waals surface area contributed by atoms with Crippen molar-refractivity contribution < 1.29 is 13.9 Å². The van der Waals surface area contributed by atoms with Crippen molar-refractivity contribution in [1.29, 1.82) is 0 Å². The van der Waals surface area contributed by atoms with E-state index in [1.807, 2.05) is 0 Å². The Bertz CT molecular complexity index is 794. The van der Waals surface area contributed by atoms with Gasteiger partial charge in [-0.2, -0.15) is 0 Å². The summed E-state index contributed by atoms with van der Waals surface area (Å²) in [5, 5.41) is 2.90. The molecule has 0 spiro atoms. The molecule has 6 nitrogen and oxygen atoms in total. The number of benzene rings is 1. The molecule has 30 heavy (non-hydrogen) atoms. The van der Waals surface area contributed by atoms with Crippen LogP contribution >= 0.6 is 0 Å². The van der Waals surface area contributed by atoms with Crippen LogP contribution in [0.5, 0.6) is 0 Å². The molecule has 2 atom stereocenters. The number of carbonyl (C=O) groups is 1. The maximum Gasteiger partial charge on any atom is 0.273 e. The van der Waals surface area contributed by atoms with Gasteiger partial charge in [-0.25, -0.2) is 4.98 Å². The van der Waals surface area contributed by atoms with E-state index in [2.05, 4.69) is 67.2 Å². The first-order valence-electron chi connectivity index (χ1n) is 11.1. The fourth-order valence-corrected chi connectivity index (χ4v) is 3.63. The van der Waals surface area contributed by atoms with E-state index in [-0.39, 0.29) is 12.0 Å². The van der Waals surface area contributed by atoms with Gasteiger partial charge in [-0.05, 0) is 43.2 Å². The minimum atomic E-state index is -0.208. The molecule has 164 valence electrons. The van der Waals surface area contributed by atoms with E-state index in [4.69, 9.17) is 9.15 Å². The lowest BCUT2D eigenvalue weighted by molar-refractivity contribution is 0.0853. The molecule has 1 fully saturated rings. The monoisotopic (exact) mass is 413 g/mol. The lowest BCUT2D eigenvalue weighted by Crippen LogP contribution is -2.32. The number of oxazole rings is 1. The third kappa shape index (κ3) is 6.16. The molecule has 3 rings (SSSR count). The van der Waals surface area contributed by atoms with Crippen LogP contribution < -0.4 is 5.32 Å². The van der Waals surface area contributed by atoms with Gasteiger partial charge in [0.2, 0.25) is 5.89 Å². The average molecular weight is 414 g/mol. The number of nitrogens with one attached hydrogen (secondary N) is 1. The highest BCUT2D eigenvalue weighted by Crippen LogP contribution is 2.19. The topological polar surface area (TPSA) is 67.6 Å². The molecular weight excluding hydrogens is 378 g/mol. The fraction of sp³-hybridized carbons (Fsp3) is 0.583. The number of amides is 1. The van der Waals surface area contributed by atoms with Crippen molar-refractivity contribution in [2.75, 3.05) is 13.2 Å². The van der Waals surface area contributed by atoms with Crippen LogP contribution in [0.1, 0.15) is 80.4 Å². The van der Waals surface area contributed by atoms with E-state index in [1.165, 1.54) is 17.4 Å².